The van der Waals surface area contributed by atoms with Gasteiger partial charge in [-0.1, -0.05) is 182 Å². The van der Waals surface area contributed by atoms with Gasteiger partial charge in [0.15, 0.2) is 7.14 Å². The molecule has 0 saturated heterocycles. The fourth-order valence-corrected chi connectivity index (χ4v) is 11.4. The van der Waals surface area contributed by atoms with Gasteiger partial charge in [-0.3, -0.25) is 4.40 Å². The number of nitrogens with zero attached hydrogens (tertiary/aromatic N) is 2. The molecule has 0 aliphatic heterocycles. The number of benzene rings is 9. The molecule has 9 aromatic carbocycles. The third-order valence-corrected chi connectivity index (χ3v) is 14.3. The number of para-hydroxylation sites is 2. The van der Waals surface area contributed by atoms with E-state index in [9.17, 15) is 0 Å². The molecule has 2 aromatic heterocycles. The van der Waals surface area contributed by atoms with Gasteiger partial charge >= 0.3 is 0 Å². The quantitative estimate of drug-likeness (QED) is 0.101. The first kappa shape index (κ1) is 31.7. The summed E-state index contributed by atoms with van der Waals surface area (Å²) in [4.78, 5) is 5.14. The number of hydrogen-bond donors (Lipinski definition) is 0. The lowest BCUT2D eigenvalue weighted by Gasteiger charge is -2.21. The van der Waals surface area contributed by atoms with Gasteiger partial charge in [0.2, 0.25) is 0 Å². The number of fused-ring (bicyclic) bond motifs is 10. The molecule has 0 radical (unpaired) electrons. The van der Waals surface area contributed by atoms with Crippen molar-refractivity contribution in [3.05, 3.63) is 200 Å². The van der Waals surface area contributed by atoms with Crippen LogP contribution in [0.25, 0.3) is 82.2 Å². The van der Waals surface area contributed by atoms with Gasteiger partial charge in [0.25, 0.3) is 0 Å². The van der Waals surface area contributed by atoms with E-state index >= 15 is 4.57 Å². The van der Waals surface area contributed by atoms with E-state index in [0.717, 1.165) is 54.6 Å². The predicted octanol–water partition coefficient (Wildman–Crippen LogP) is 12.1. The van der Waals surface area contributed by atoms with Gasteiger partial charge in [0.1, 0.15) is 5.65 Å². The minimum absolute atomic E-state index is 0.820. The lowest BCUT2D eigenvalue weighted by atomic mass is 9.85. The van der Waals surface area contributed by atoms with E-state index < -0.39 is 7.14 Å². The first-order valence-corrected chi connectivity index (χ1v) is 20.4. The van der Waals surface area contributed by atoms with Crippen molar-refractivity contribution in [1.29, 1.82) is 0 Å². The Bertz CT molecular complexity index is 3230. The van der Waals surface area contributed by atoms with Crippen molar-refractivity contribution in [3.8, 4) is 22.3 Å². The second-order valence-electron chi connectivity index (χ2n) is 14.2. The van der Waals surface area contributed by atoms with Gasteiger partial charge in [-0.2, -0.15) is 0 Å². The van der Waals surface area contributed by atoms with Crippen molar-refractivity contribution in [3.63, 3.8) is 0 Å². The Balaban J connectivity index is 1.15. The van der Waals surface area contributed by atoms with Gasteiger partial charge in [-0.15, -0.1) is 0 Å². The highest BCUT2D eigenvalue weighted by Crippen LogP contribution is 2.46. The molecule has 11 rings (SSSR count). The van der Waals surface area contributed by atoms with Crippen LogP contribution >= 0.6 is 7.14 Å². The molecule has 0 saturated carbocycles. The molecule has 0 fully saturated rings. The van der Waals surface area contributed by atoms with E-state index in [1.165, 1.54) is 43.4 Å². The maximum Gasteiger partial charge on any atom is 0.171 e. The van der Waals surface area contributed by atoms with Crippen molar-refractivity contribution in [2.45, 2.75) is 0 Å². The minimum Gasteiger partial charge on any atom is -0.309 e. The molecule has 4 heteroatoms. The van der Waals surface area contributed by atoms with Crippen LogP contribution in [0, 0.1) is 0 Å². The van der Waals surface area contributed by atoms with Crippen LogP contribution in [-0.4, -0.2) is 9.38 Å². The summed E-state index contributed by atoms with van der Waals surface area (Å²) in [7, 11) is -3.10. The maximum atomic E-state index is 15.2. The Morgan fingerprint density at radius 2 is 0.818 bits per heavy atom. The molecule has 55 heavy (non-hydrogen) atoms. The third kappa shape index (κ3) is 4.77. The lowest BCUT2D eigenvalue weighted by Crippen LogP contribution is -2.24. The second kappa shape index (κ2) is 12.4. The summed E-state index contributed by atoms with van der Waals surface area (Å²) in [5.41, 5.74) is 8.81. The van der Waals surface area contributed by atoms with E-state index in [4.69, 9.17) is 4.98 Å². The van der Waals surface area contributed by atoms with Crippen LogP contribution in [0.1, 0.15) is 0 Å². The highest BCUT2D eigenvalue weighted by Gasteiger charge is 2.29. The summed E-state index contributed by atoms with van der Waals surface area (Å²) >= 11 is 0. The minimum atomic E-state index is -3.10. The van der Waals surface area contributed by atoms with E-state index in [2.05, 4.69) is 144 Å². The predicted molar refractivity (Wildman–Crippen MR) is 233 cm³/mol. The van der Waals surface area contributed by atoms with Gasteiger partial charge in [0.05, 0.1) is 16.6 Å². The third-order valence-electron chi connectivity index (χ3n) is 11.2. The van der Waals surface area contributed by atoms with Gasteiger partial charge in [-0.25, -0.2) is 4.98 Å². The highest BCUT2D eigenvalue weighted by molar-refractivity contribution is 7.85. The Hall–Kier alpha value is -6.80. The zero-order valence-electron chi connectivity index (χ0n) is 29.8. The molecule has 0 amide bonds. The molecule has 0 N–H and O–H groups in total. The topological polar surface area (TPSA) is 34.4 Å². The lowest BCUT2D eigenvalue weighted by molar-refractivity contribution is 0.592. The van der Waals surface area contributed by atoms with Gasteiger partial charge in [0, 0.05) is 26.7 Å². The van der Waals surface area contributed by atoms with E-state index in [1.807, 2.05) is 60.7 Å². The number of aromatic nitrogens is 2. The Kier molecular flexibility index (Phi) is 7.14. The first-order valence-electron chi connectivity index (χ1n) is 18.7. The zero-order chi connectivity index (χ0) is 36.5. The van der Waals surface area contributed by atoms with Crippen molar-refractivity contribution < 1.29 is 4.57 Å². The standard InChI is InChI=1S/C51H33N2OP/c54-55(36-15-3-1-4-16-36,37-17-5-2-6-18-37)38-30-27-34(28-31-38)49-41-20-8-10-22-43(41)50(44-23-11-9-21-42(44)49)35-29-32-40-39-19-7-12-24-45(39)51-52-46-25-13-14-26-47(46)53(51)48(40)33-35/h1-33H. The van der Waals surface area contributed by atoms with Crippen molar-refractivity contribution in [2.75, 3.05) is 0 Å². The molecule has 0 spiro atoms. The van der Waals surface area contributed by atoms with E-state index in [0.29, 0.717) is 0 Å². The maximum absolute atomic E-state index is 15.2. The van der Waals surface area contributed by atoms with E-state index in [-0.39, 0.29) is 0 Å². The molecular formula is C51H33N2OP. The van der Waals surface area contributed by atoms with Crippen LogP contribution in [0.2, 0.25) is 0 Å². The smallest absolute Gasteiger partial charge is 0.171 e. The average molecular weight is 721 g/mol. The van der Waals surface area contributed by atoms with Crippen LogP contribution in [0.5, 0.6) is 0 Å². The summed E-state index contributed by atoms with van der Waals surface area (Å²) in [6.45, 7) is 0. The summed E-state index contributed by atoms with van der Waals surface area (Å²) in [6.07, 6.45) is 0. The summed E-state index contributed by atoms with van der Waals surface area (Å²) < 4.78 is 17.5. The normalized spacial score (nSPS) is 12.1. The number of pyridine rings is 1. The summed E-state index contributed by atoms with van der Waals surface area (Å²) in [5.74, 6) is 0. The van der Waals surface area contributed by atoms with Crippen molar-refractivity contribution in [1.82, 2.24) is 9.38 Å². The fourth-order valence-electron chi connectivity index (χ4n) is 8.77. The molecule has 0 unspecified atom stereocenters. The molecule has 11 aromatic rings. The van der Waals surface area contributed by atoms with Crippen LogP contribution in [0.4, 0.5) is 0 Å². The molecule has 0 atom stereocenters. The first-order chi connectivity index (χ1) is 27.2. The van der Waals surface area contributed by atoms with Gasteiger partial charge < -0.3 is 4.57 Å². The summed E-state index contributed by atoms with van der Waals surface area (Å²) in [5, 5.41) is 10.8. The Morgan fingerprint density at radius 1 is 0.364 bits per heavy atom. The molecule has 3 nitrogen and oxygen atoms in total. The molecule has 0 bridgehead atoms. The van der Waals surface area contributed by atoms with Crippen molar-refractivity contribution in [2.24, 2.45) is 0 Å². The van der Waals surface area contributed by atoms with Crippen LogP contribution in [0.3, 0.4) is 0 Å². The van der Waals surface area contributed by atoms with Crippen LogP contribution in [0.15, 0.2) is 200 Å². The molecule has 258 valence electrons. The molecule has 0 aliphatic carbocycles. The fraction of sp³-hybridized carbons (Fsp3) is 0. The van der Waals surface area contributed by atoms with Crippen LogP contribution < -0.4 is 15.9 Å². The Labute approximate surface area is 318 Å². The monoisotopic (exact) mass is 720 g/mol. The SMILES string of the molecule is O=P(c1ccccc1)(c1ccccc1)c1ccc(-c2c3ccccc3c(-c3ccc4c5ccccc5c5nc6ccccc6n5c4c3)c3ccccc23)cc1. The number of imidazole rings is 1. The van der Waals surface area contributed by atoms with E-state index in [1.54, 1.807) is 0 Å². The number of rotatable bonds is 5. The highest BCUT2D eigenvalue weighted by atomic mass is 31.2. The molecular weight excluding hydrogens is 688 g/mol. The summed E-state index contributed by atoms with van der Waals surface area (Å²) in [6, 6.07) is 69.7. The zero-order valence-corrected chi connectivity index (χ0v) is 30.7. The Morgan fingerprint density at radius 3 is 1.42 bits per heavy atom. The molecule has 2 heterocycles. The largest absolute Gasteiger partial charge is 0.309 e. The second-order valence-corrected chi connectivity index (χ2v) is 17.0. The molecule has 0 aliphatic rings. The number of hydrogen-bond acceptors (Lipinski definition) is 2. The van der Waals surface area contributed by atoms with Gasteiger partial charge in [-0.05, 0) is 67.4 Å². The average Bonchev–Trinajstić information content (AvgIpc) is 3.66. The van der Waals surface area contributed by atoms with Crippen molar-refractivity contribution >= 4 is 83.0 Å². The van der Waals surface area contributed by atoms with Crippen LogP contribution in [-0.2, 0) is 4.57 Å².